The topological polar surface area (TPSA) is 46.2 Å². The molecule has 0 amide bonds. The molecule has 2 aliphatic rings. The minimum atomic E-state index is -0.0270. The first-order valence-electron chi connectivity index (χ1n) is 7.63. The Morgan fingerprint density at radius 1 is 1.35 bits per heavy atom. The summed E-state index contributed by atoms with van der Waals surface area (Å²) in [6.07, 6.45) is 4.89. The van der Waals surface area contributed by atoms with Crippen LogP contribution in [0.25, 0.3) is 0 Å². The van der Waals surface area contributed by atoms with Crippen LogP contribution in [0.1, 0.15) is 51.4 Å². The first-order chi connectivity index (χ1) is 9.60. The highest BCUT2D eigenvalue weighted by atomic mass is 32.1. The van der Waals surface area contributed by atoms with E-state index in [-0.39, 0.29) is 6.61 Å². The van der Waals surface area contributed by atoms with E-state index < -0.39 is 0 Å². The number of nitrogens with zero attached hydrogens (tertiary/aromatic N) is 4. The van der Waals surface area contributed by atoms with E-state index in [2.05, 4.69) is 28.4 Å². The van der Waals surface area contributed by atoms with Crippen molar-refractivity contribution in [1.29, 1.82) is 0 Å². The highest BCUT2D eigenvalue weighted by Crippen LogP contribution is 2.36. The molecule has 1 aromatic heterocycles. The first-order valence-corrected chi connectivity index (χ1v) is 8.04. The second-order valence-electron chi connectivity index (χ2n) is 6.50. The molecule has 20 heavy (non-hydrogen) atoms. The van der Waals surface area contributed by atoms with Crippen LogP contribution in [0, 0.1) is 10.7 Å². The van der Waals surface area contributed by atoms with Gasteiger partial charge in [0.2, 0.25) is 0 Å². The van der Waals surface area contributed by atoms with Crippen molar-refractivity contribution < 1.29 is 5.11 Å². The molecule has 0 aliphatic heterocycles. The Bertz CT molecular complexity index is 528. The van der Waals surface area contributed by atoms with Crippen LogP contribution in [-0.4, -0.2) is 36.9 Å². The van der Waals surface area contributed by atoms with Crippen molar-refractivity contribution in [3.63, 3.8) is 0 Å². The highest BCUT2D eigenvalue weighted by molar-refractivity contribution is 7.71. The van der Waals surface area contributed by atoms with Crippen molar-refractivity contribution in [2.24, 2.45) is 5.92 Å². The molecular weight excluding hydrogens is 272 g/mol. The van der Waals surface area contributed by atoms with Gasteiger partial charge in [-0.05, 0) is 43.8 Å². The molecule has 0 bridgehead atoms. The predicted octanol–water partition coefficient (Wildman–Crippen LogP) is 2.32. The van der Waals surface area contributed by atoms with Gasteiger partial charge in [0.05, 0.1) is 6.67 Å². The lowest BCUT2D eigenvalue weighted by molar-refractivity contribution is 0.173. The number of aromatic nitrogens is 3. The zero-order chi connectivity index (χ0) is 14.3. The minimum absolute atomic E-state index is 0.0270. The molecule has 1 heterocycles. The maximum atomic E-state index is 9.48. The molecule has 0 radical (unpaired) electrons. The fourth-order valence-electron chi connectivity index (χ4n) is 2.77. The van der Waals surface area contributed by atoms with Gasteiger partial charge in [-0.3, -0.25) is 9.47 Å². The van der Waals surface area contributed by atoms with Gasteiger partial charge in [0.15, 0.2) is 10.6 Å². The first kappa shape index (κ1) is 14.2. The molecule has 6 heteroatoms. The average Bonchev–Trinajstić information content (AvgIpc) is 3.27. The molecule has 3 rings (SSSR count). The van der Waals surface area contributed by atoms with Gasteiger partial charge in [-0.25, -0.2) is 4.68 Å². The van der Waals surface area contributed by atoms with E-state index in [4.69, 9.17) is 12.2 Å². The SMILES string of the molecule is CC(C)CN(Cn1nc(CO)n(C2CC2)c1=S)C1CC1. The zero-order valence-electron chi connectivity index (χ0n) is 12.3. The summed E-state index contributed by atoms with van der Waals surface area (Å²) in [4.78, 5) is 2.48. The van der Waals surface area contributed by atoms with Crippen LogP contribution < -0.4 is 0 Å². The standard InChI is InChI=1S/C14H24N4OS/c1-10(2)7-16(11-3-4-11)9-17-14(20)18(12-5-6-12)13(8-19)15-17/h10-12,19H,3-9H2,1-2H3. The number of aliphatic hydroxyl groups excluding tert-OH is 1. The summed E-state index contributed by atoms with van der Waals surface area (Å²) in [5, 5.41) is 14.0. The third kappa shape index (κ3) is 2.97. The highest BCUT2D eigenvalue weighted by Gasteiger charge is 2.32. The van der Waals surface area contributed by atoms with Gasteiger partial charge in [0, 0.05) is 18.6 Å². The number of aliphatic hydroxyl groups is 1. The van der Waals surface area contributed by atoms with Crippen LogP contribution in [0.15, 0.2) is 0 Å². The Labute approximate surface area is 125 Å². The van der Waals surface area contributed by atoms with Crippen molar-refractivity contribution in [2.75, 3.05) is 6.54 Å². The van der Waals surface area contributed by atoms with E-state index in [0.717, 1.165) is 36.7 Å². The van der Waals surface area contributed by atoms with Crippen LogP contribution in [0.2, 0.25) is 0 Å². The maximum absolute atomic E-state index is 9.48. The summed E-state index contributed by atoms with van der Waals surface area (Å²) >= 11 is 5.56. The third-order valence-corrected chi connectivity index (χ3v) is 4.38. The van der Waals surface area contributed by atoms with E-state index in [1.54, 1.807) is 0 Å². The van der Waals surface area contributed by atoms with E-state index in [0.29, 0.717) is 18.0 Å². The van der Waals surface area contributed by atoms with Crippen LogP contribution in [0.4, 0.5) is 0 Å². The van der Waals surface area contributed by atoms with E-state index >= 15 is 0 Å². The normalized spacial score (nSPS) is 19.2. The summed E-state index contributed by atoms with van der Waals surface area (Å²) in [6.45, 7) is 6.31. The largest absolute Gasteiger partial charge is 0.388 e. The van der Waals surface area contributed by atoms with Gasteiger partial charge in [-0.15, -0.1) is 0 Å². The summed E-state index contributed by atoms with van der Waals surface area (Å²) in [5.41, 5.74) is 0. The summed E-state index contributed by atoms with van der Waals surface area (Å²) in [6, 6.07) is 1.17. The molecule has 2 aliphatic carbocycles. The number of rotatable bonds is 7. The minimum Gasteiger partial charge on any atom is -0.388 e. The predicted molar refractivity (Wildman–Crippen MR) is 79.8 cm³/mol. The fraction of sp³-hybridized carbons (Fsp3) is 0.857. The second kappa shape index (κ2) is 5.58. The second-order valence-corrected chi connectivity index (χ2v) is 6.86. The smallest absolute Gasteiger partial charge is 0.199 e. The lowest BCUT2D eigenvalue weighted by atomic mass is 10.2. The quantitative estimate of drug-likeness (QED) is 0.784. The number of hydrogen-bond donors (Lipinski definition) is 1. The molecule has 1 N–H and O–H groups in total. The summed E-state index contributed by atoms with van der Waals surface area (Å²) in [7, 11) is 0. The molecule has 112 valence electrons. The van der Waals surface area contributed by atoms with Crippen molar-refractivity contribution >= 4 is 12.2 Å². The van der Waals surface area contributed by atoms with Gasteiger partial charge < -0.3 is 5.11 Å². The monoisotopic (exact) mass is 296 g/mol. The van der Waals surface area contributed by atoms with E-state index in [1.807, 2.05) is 4.68 Å². The van der Waals surface area contributed by atoms with Crippen molar-refractivity contribution in [1.82, 2.24) is 19.2 Å². The van der Waals surface area contributed by atoms with E-state index in [9.17, 15) is 5.11 Å². The lowest BCUT2D eigenvalue weighted by Crippen LogP contribution is -2.32. The van der Waals surface area contributed by atoms with Gasteiger partial charge in [-0.2, -0.15) is 5.10 Å². The molecule has 0 atom stereocenters. The van der Waals surface area contributed by atoms with Gasteiger partial charge in [-0.1, -0.05) is 13.8 Å². The summed E-state index contributed by atoms with van der Waals surface area (Å²) in [5.74, 6) is 1.37. The van der Waals surface area contributed by atoms with Gasteiger partial charge >= 0.3 is 0 Å². The molecule has 5 nitrogen and oxygen atoms in total. The molecule has 0 aromatic carbocycles. The molecule has 0 unspecified atom stereocenters. The third-order valence-electron chi connectivity index (χ3n) is 3.97. The molecule has 1 aromatic rings. The maximum Gasteiger partial charge on any atom is 0.199 e. The fourth-order valence-corrected chi connectivity index (χ4v) is 3.12. The summed E-state index contributed by atoms with van der Waals surface area (Å²) < 4.78 is 4.72. The lowest BCUT2D eigenvalue weighted by Gasteiger charge is -2.23. The molecule has 0 saturated heterocycles. The molecule has 2 fully saturated rings. The Morgan fingerprint density at radius 2 is 2.05 bits per heavy atom. The zero-order valence-corrected chi connectivity index (χ0v) is 13.1. The van der Waals surface area contributed by atoms with Crippen molar-refractivity contribution in [3.8, 4) is 0 Å². The van der Waals surface area contributed by atoms with Crippen LogP contribution in [0.3, 0.4) is 0 Å². The van der Waals surface area contributed by atoms with Crippen LogP contribution >= 0.6 is 12.2 Å². The Kier molecular flexibility index (Phi) is 3.97. The molecule has 2 saturated carbocycles. The Balaban J connectivity index is 1.80. The molecule has 0 spiro atoms. The number of hydrogen-bond acceptors (Lipinski definition) is 4. The Hall–Kier alpha value is -0.720. The van der Waals surface area contributed by atoms with Gasteiger partial charge in [0.1, 0.15) is 6.61 Å². The van der Waals surface area contributed by atoms with Gasteiger partial charge in [0.25, 0.3) is 0 Å². The molecular formula is C14H24N4OS. The van der Waals surface area contributed by atoms with E-state index in [1.165, 1.54) is 12.8 Å². The Morgan fingerprint density at radius 3 is 2.55 bits per heavy atom. The average molecular weight is 296 g/mol. The van der Waals surface area contributed by atoms with Crippen LogP contribution in [0.5, 0.6) is 0 Å². The van der Waals surface area contributed by atoms with Crippen LogP contribution in [-0.2, 0) is 13.3 Å². The van der Waals surface area contributed by atoms with Crippen molar-refractivity contribution in [2.45, 2.75) is 64.9 Å². The van der Waals surface area contributed by atoms with Crippen molar-refractivity contribution in [3.05, 3.63) is 10.6 Å².